The molecule has 1 N–H and O–H groups in total. The molecule has 0 bridgehead atoms. The van der Waals surface area contributed by atoms with Crippen LogP contribution in [0, 0.1) is 5.41 Å². The Morgan fingerprint density at radius 1 is 1.11 bits per heavy atom. The van der Waals surface area contributed by atoms with Crippen LogP contribution in [-0.2, 0) is 9.31 Å². The standard InChI is InChI=1S/C13H25BN2O2/c1-11(2,3)16-9-10(8-15)14-17-12(4,5)13(6,7)18-14/h8-10,15H,1-7H3. The van der Waals surface area contributed by atoms with E-state index < -0.39 is 7.12 Å². The summed E-state index contributed by atoms with van der Waals surface area (Å²) in [6, 6.07) is 0. The van der Waals surface area contributed by atoms with Gasteiger partial charge in [-0.25, -0.2) is 0 Å². The van der Waals surface area contributed by atoms with Crippen LogP contribution in [0.4, 0.5) is 0 Å². The third-order valence-corrected chi connectivity index (χ3v) is 3.41. The molecule has 18 heavy (non-hydrogen) atoms. The Morgan fingerprint density at radius 3 is 1.89 bits per heavy atom. The van der Waals surface area contributed by atoms with Gasteiger partial charge in [0.25, 0.3) is 0 Å². The Labute approximate surface area is 111 Å². The number of aliphatic imine (C=N–C) groups is 1. The summed E-state index contributed by atoms with van der Waals surface area (Å²) < 4.78 is 11.8. The van der Waals surface area contributed by atoms with Gasteiger partial charge in [-0.2, -0.15) is 0 Å². The molecular formula is C13H25BN2O2. The lowest BCUT2D eigenvalue weighted by Crippen LogP contribution is -2.41. The van der Waals surface area contributed by atoms with Crippen LogP contribution in [0.5, 0.6) is 0 Å². The number of nitrogens with one attached hydrogen (secondary N) is 1. The normalized spacial score (nSPS) is 24.5. The molecule has 0 aliphatic carbocycles. The lowest BCUT2D eigenvalue weighted by molar-refractivity contribution is 0.00578. The first-order valence-electron chi connectivity index (χ1n) is 6.40. The summed E-state index contributed by atoms with van der Waals surface area (Å²) in [6.07, 6.45) is 3.09. The predicted octanol–water partition coefficient (Wildman–Crippen LogP) is 2.97. The second-order valence-corrected chi connectivity index (χ2v) is 6.82. The van der Waals surface area contributed by atoms with Crippen LogP contribution < -0.4 is 0 Å². The number of rotatable bonds is 3. The van der Waals surface area contributed by atoms with Gasteiger partial charge in [-0.15, -0.1) is 0 Å². The van der Waals surface area contributed by atoms with Crippen LogP contribution in [0.1, 0.15) is 48.5 Å². The van der Waals surface area contributed by atoms with Gasteiger partial charge in [-0.05, 0) is 48.5 Å². The quantitative estimate of drug-likeness (QED) is 0.620. The van der Waals surface area contributed by atoms with Gasteiger partial charge in [0, 0.05) is 12.4 Å². The Kier molecular flexibility index (Phi) is 4.08. The van der Waals surface area contributed by atoms with E-state index in [1.165, 1.54) is 6.21 Å². The molecule has 0 aromatic rings. The van der Waals surface area contributed by atoms with Crippen molar-refractivity contribution in [1.82, 2.24) is 0 Å². The molecule has 1 aliphatic heterocycles. The molecule has 0 aromatic carbocycles. The van der Waals surface area contributed by atoms with Crippen molar-refractivity contribution in [3.63, 3.8) is 0 Å². The Bertz CT molecular complexity index is 329. The van der Waals surface area contributed by atoms with Crippen molar-refractivity contribution in [1.29, 1.82) is 5.41 Å². The Morgan fingerprint density at radius 2 is 1.56 bits per heavy atom. The highest BCUT2D eigenvalue weighted by atomic mass is 16.7. The van der Waals surface area contributed by atoms with Gasteiger partial charge >= 0.3 is 7.12 Å². The molecule has 1 rings (SSSR count). The van der Waals surface area contributed by atoms with Crippen LogP contribution in [0.2, 0.25) is 5.82 Å². The average molecular weight is 252 g/mol. The van der Waals surface area contributed by atoms with E-state index in [0.29, 0.717) is 0 Å². The van der Waals surface area contributed by atoms with Crippen molar-refractivity contribution < 1.29 is 9.31 Å². The van der Waals surface area contributed by atoms with E-state index >= 15 is 0 Å². The van der Waals surface area contributed by atoms with Gasteiger partial charge in [0.1, 0.15) is 0 Å². The van der Waals surface area contributed by atoms with Crippen LogP contribution >= 0.6 is 0 Å². The Balaban J connectivity index is 2.82. The molecule has 5 heteroatoms. The lowest BCUT2D eigenvalue weighted by Gasteiger charge is -2.32. The molecule has 0 radical (unpaired) electrons. The molecule has 1 saturated heterocycles. The third kappa shape index (κ3) is 3.42. The molecule has 0 amide bonds. The van der Waals surface area contributed by atoms with Gasteiger partial charge in [-0.1, -0.05) is 0 Å². The van der Waals surface area contributed by atoms with Gasteiger partial charge in [0.15, 0.2) is 0 Å². The zero-order valence-corrected chi connectivity index (χ0v) is 12.6. The van der Waals surface area contributed by atoms with Crippen molar-refractivity contribution in [2.75, 3.05) is 0 Å². The largest absolute Gasteiger partial charge is 0.472 e. The maximum absolute atomic E-state index is 7.52. The summed E-state index contributed by atoms with van der Waals surface area (Å²) in [5.41, 5.74) is -0.881. The summed E-state index contributed by atoms with van der Waals surface area (Å²) in [4.78, 5) is 4.43. The van der Waals surface area contributed by atoms with E-state index in [2.05, 4.69) is 4.99 Å². The van der Waals surface area contributed by atoms with Crippen LogP contribution in [0.3, 0.4) is 0 Å². The molecule has 4 nitrogen and oxygen atoms in total. The van der Waals surface area contributed by atoms with Crippen LogP contribution in [0.15, 0.2) is 4.99 Å². The van der Waals surface area contributed by atoms with Crippen molar-refractivity contribution in [2.45, 2.75) is 71.0 Å². The maximum Gasteiger partial charge on any atom is 0.472 e. The SMILES string of the molecule is CC(C)(C)N=CC(C=N)B1OC(C)(C)C(C)(C)O1. The minimum absolute atomic E-state index is 0.148. The molecular weight excluding hydrogens is 227 g/mol. The monoisotopic (exact) mass is 252 g/mol. The van der Waals surface area contributed by atoms with E-state index in [1.54, 1.807) is 6.21 Å². The molecule has 1 aliphatic rings. The van der Waals surface area contributed by atoms with Gasteiger partial charge in [0.05, 0.1) is 22.6 Å². The number of hydrogen-bond acceptors (Lipinski definition) is 4. The van der Waals surface area contributed by atoms with Crippen molar-refractivity contribution in [3.8, 4) is 0 Å². The molecule has 1 fully saturated rings. The van der Waals surface area contributed by atoms with Crippen LogP contribution in [-0.4, -0.2) is 36.3 Å². The first-order chi connectivity index (χ1) is 7.98. The fraction of sp³-hybridized carbons (Fsp3) is 0.846. The highest BCUT2D eigenvalue weighted by Gasteiger charge is 2.53. The third-order valence-electron chi connectivity index (χ3n) is 3.41. The molecule has 1 unspecified atom stereocenters. The zero-order chi connectivity index (χ0) is 14.2. The van der Waals surface area contributed by atoms with E-state index in [-0.39, 0.29) is 22.6 Å². The van der Waals surface area contributed by atoms with Gasteiger partial charge in [0.2, 0.25) is 0 Å². The fourth-order valence-electron chi connectivity index (χ4n) is 1.55. The minimum Gasteiger partial charge on any atom is -0.403 e. The molecule has 1 heterocycles. The second-order valence-electron chi connectivity index (χ2n) is 6.82. The molecule has 102 valence electrons. The highest BCUT2D eigenvalue weighted by molar-refractivity contribution is 6.56. The summed E-state index contributed by atoms with van der Waals surface area (Å²) >= 11 is 0. The topological polar surface area (TPSA) is 54.7 Å². The number of nitrogens with zero attached hydrogens (tertiary/aromatic N) is 1. The van der Waals surface area contributed by atoms with E-state index in [9.17, 15) is 0 Å². The van der Waals surface area contributed by atoms with E-state index in [0.717, 1.165) is 0 Å². The number of hydrogen-bond donors (Lipinski definition) is 1. The summed E-state index contributed by atoms with van der Waals surface area (Å²) in [6.45, 7) is 14.1. The van der Waals surface area contributed by atoms with Crippen LogP contribution in [0.25, 0.3) is 0 Å². The first-order valence-corrected chi connectivity index (χ1v) is 6.40. The molecule has 0 saturated carbocycles. The smallest absolute Gasteiger partial charge is 0.403 e. The summed E-state index contributed by atoms with van der Waals surface area (Å²) in [7, 11) is -0.432. The predicted molar refractivity (Wildman–Crippen MR) is 76.9 cm³/mol. The first kappa shape index (κ1) is 15.4. The van der Waals surface area contributed by atoms with Gasteiger partial charge < -0.3 is 14.7 Å². The van der Waals surface area contributed by atoms with Crippen molar-refractivity contribution >= 4 is 19.5 Å². The average Bonchev–Trinajstić information content (AvgIpc) is 2.35. The summed E-state index contributed by atoms with van der Waals surface area (Å²) in [5.74, 6) is -0.245. The van der Waals surface area contributed by atoms with Crippen molar-refractivity contribution in [3.05, 3.63) is 0 Å². The molecule has 0 aromatic heterocycles. The maximum atomic E-state index is 7.52. The second kappa shape index (κ2) is 4.78. The zero-order valence-electron chi connectivity index (χ0n) is 12.6. The van der Waals surface area contributed by atoms with E-state index in [1.807, 2.05) is 48.5 Å². The van der Waals surface area contributed by atoms with E-state index in [4.69, 9.17) is 14.7 Å². The highest BCUT2D eigenvalue weighted by Crippen LogP contribution is 2.39. The lowest BCUT2D eigenvalue weighted by atomic mass is 9.73. The Hall–Kier alpha value is -0.675. The fourth-order valence-corrected chi connectivity index (χ4v) is 1.55. The summed E-state index contributed by atoms with van der Waals surface area (Å²) in [5, 5.41) is 7.52. The molecule has 1 atom stereocenters. The van der Waals surface area contributed by atoms with Gasteiger partial charge in [-0.3, -0.25) is 4.99 Å². The minimum atomic E-state index is -0.432. The molecule has 0 spiro atoms. The van der Waals surface area contributed by atoms with Crippen molar-refractivity contribution in [2.24, 2.45) is 4.99 Å².